The molecule has 0 radical (unpaired) electrons. The van der Waals surface area contributed by atoms with Crippen LogP contribution in [0.25, 0.3) is 0 Å². The maximum absolute atomic E-state index is 13.7. The van der Waals surface area contributed by atoms with Gasteiger partial charge in [0.15, 0.2) is 0 Å². The van der Waals surface area contributed by atoms with Crippen molar-refractivity contribution in [2.75, 3.05) is 31.5 Å². The van der Waals surface area contributed by atoms with E-state index in [0.717, 1.165) is 38.5 Å². The fourth-order valence-electron chi connectivity index (χ4n) is 2.60. The smallest absolute Gasteiger partial charge is 0.382 e. The third kappa shape index (κ3) is 4.33. The van der Waals surface area contributed by atoms with Gasteiger partial charge >= 0.3 is 6.18 Å². The van der Waals surface area contributed by atoms with Crippen molar-refractivity contribution in [3.63, 3.8) is 0 Å². The number of halogens is 4. The van der Waals surface area contributed by atoms with Gasteiger partial charge in [-0.3, -0.25) is 0 Å². The summed E-state index contributed by atoms with van der Waals surface area (Å²) in [7, 11) is 0. The minimum atomic E-state index is -4.51. The Morgan fingerprint density at radius 3 is 2.43 bits per heavy atom. The predicted molar refractivity (Wildman–Crippen MR) is 74.7 cm³/mol. The zero-order valence-corrected chi connectivity index (χ0v) is 12.0. The second kappa shape index (κ2) is 6.64. The van der Waals surface area contributed by atoms with E-state index in [4.69, 9.17) is 0 Å². The fraction of sp³-hybridized carbons (Fsp3) is 0.600. The average molecular weight is 304 g/mol. The van der Waals surface area contributed by atoms with E-state index in [0.29, 0.717) is 18.5 Å². The molecule has 2 nitrogen and oxygen atoms in total. The van der Waals surface area contributed by atoms with Gasteiger partial charge in [0.2, 0.25) is 0 Å². The highest BCUT2D eigenvalue weighted by atomic mass is 19.4. The molecule has 1 N–H and O–H groups in total. The van der Waals surface area contributed by atoms with E-state index in [1.54, 1.807) is 0 Å². The van der Waals surface area contributed by atoms with Crippen LogP contribution in [0, 0.1) is 11.7 Å². The zero-order chi connectivity index (χ0) is 15.5. The van der Waals surface area contributed by atoms with Crippen molar-refractivity contribution in [1.82, 2.24) is 4.90 Å². The molecule has 1 aromatic rings. The van der Waals surface area contributed by atoms with E-state index in [9.17, 15) is 17.6 Å². The number of nitrogens with one attached hydrogen (secondary N) is 1. The molecule has 1 saturated heterocycles. The highest BCUT2D eigenvalue weighted by molar-refractivity contribution is 5.46. The molecule has 1 aliphatic heterocycles. The van der Waals surface area contributed by atoms with Crippen LogP contribution in [-0.2, 0) is 6.18 Å². The van der Waals surface area contributed by atoms with Gasteiger partial charge in [0.05, 0.1) is 11.3 Å². The molecule has 0 aromatic heterocycles. The molecular formula is C15H20F4N2. The standard InChI is InChI=1S/C15H20F4N2/c1-2-21-7-5-11(6-8-21)10-20-14-4-3-12(9-13(14)16)15(17,18)19/h3-4,9,11,20H,2,5-8,10H2,1H3. The van der Waals surface area contributed by atoms with Gasteiger partial charge in [-0.15, -0.1) is 0 Å². The van der Waals surface area contributed by atoms with Crippen LogP contribution >= 0.6 is 0 Å². The Balaban J connectivity index is 1.89. The summed E-state index contributed by atoms with van der Waals surface area (Å²) in [6.45, 7) is 5.81. The summed E-state index contributed by atoms with van der Waals surface area (Å²) in [5, 5.41) is 2.93. The minimum absolute atomic E-state index is 0.140. The summed E-state index contributed by atoms with van der Waals surface area (Å²) in [5.41, 5.74) is -0.817. The van der Waals surface area contributed by atoms with Crippen LogP contribution in [0.3, 0.4) is 0 Å². The number of rotatable bonds is 4. The molecule has 0 bridgehead atoms. The number of likely N-dealkylation sites (tertiary alicyclic amines) is 1. The third-order valence-corrected chi connectivity index (χ3v) is 4.03. The quantitative estimate of drug-likeness (QED) is 0.846. The number of hydrogen-bond donors (Lipinski definition) is 1. The second-order valence-electron chi connectivity index (χ2n) is 5.45. The van der Waals surface area contributed by atoms with Gasteiger partial charge < -0.3 is 10.2 Å². The Morgan fingerprint density at radius 1 is 1.24 bits per heavy atom. The van der Waals surface area contributed by atoms with E-state index in [1.165, 1.54) is 6.07 Å². The van der Waals surface area contributed by atoms with Crippen LogP contribution in [0.1, 0.15) is 25.3 Å². The highest BCUT2D eigenvalue weighted by Gasteiger charge is 2.31. The summed E-state index contributed by atoms with van der Waals surface area (Å²) >= 11 is 0. The van der Waals surface area contributed by atoms with E-state index < -0.39 is 17.6 Å². The van der Waals surface area contributed by atoms with Crippen molar-refractivity contribution in [1.29, 1.82) is 0 Å². The lowest BCUT2D eigenvalue weighted by Gasteiger charge is -2.31. The van der Waals surface area contributed by atoms with Gasteiger partial charge in [-0.25, -0.2) is 4.39 Å². The van der Waals surface area contributed by atoms with Gasteiger partial charge in [-0.1, -0.05) is 6.92 Å². The first-order valence-corrected chi connectivity index (χ1v) is 7.23. The molecule has 0 spiro atoms. The summed E-state index contributed by atoms with van der Waals surface area (Å²) in [5.74, 6) is -0.412. The summed E-state index contributed by atoms with van der Waals surface area (Å²) < 4.78 is 51.0. The number of benzene rings is 1. The Hall–Kier alpha value is -1.30. The van der Waals surface area contributed by atoms with Crippen LogP contribution in [0.4, 0.5) is 23.2 Å². The fourth-order valence-corrected chi connectivity index (χ4v) is 2.60. The minimum Gasteiger partial charge on any atom is -0.382 e. The molecule has 0 aliphatic carbocycles. The lowest BCUT2D eigenvalue weighted by atomic mass is 9.96. The number of hydrogen-bond acceptors (Lipinski definition) is 2. The first kappa shape index (κ1) is 16.1. The maximum atomic E-state index is 13.7. The molecule has 6 heteroatoms. The van der Waals surface area contributed by atoms with Crippen LogP contribution in [0.15, 0.2) is 18.2 Å². The van der Waals surface area contributed by atoms with Crippen LogP contribution in [0.5, 0.6) is 0 Å². The number of alkyl halides is 3. The number of nitrogens with zero attached hydrogens (tertiary/aromatic N) is 1. The van der Waals surface area contributed by atoms with Gasteiger partial charge in [-0.2, -0.15) is 13.2 Å². The Bertz CT molecular complexity index is 465. The number of piperidine rings is 1. The second-order valence-corrected chi connectivity index (χ2v) is 5.45. The number of anilines is 1. The molecule has 0 atom stereocenters. The first-order chi connectivity index (χ1) is 9.90. The molecular weight excluding hydrogens is 284 g/mol. The van der Waals surface area contributed by atoms with Crippen molar-refractivity contribution in [3.05, 3.63) is 29.6 Å². The molecule has 118 valence electrons. The maximum Gasteiger partial charge on any atom is 0.416 e. The van der Waals surface area contributed by atoms with E-state index in [1.807, 2.05) is 0 Å². The van der Waals surface area contributed by atoms with E-state index in [-0.39, 0.29) is 5.69 Å². The van der Waals surface area contributed by atoms with Gasteiger partial charge in [0.25, 0.3) is 0 Å². The molecule has 1 aliphatic rings. The molecule has 0 saturated carbocycles. The highest BCUT2D eigenvalue weighted by Crippen LogP contribution is 2.31. The van der Waals surface area contributed by atoms with Crippen LogP contribution in [0.2, 0.25) is 0 Å². The van der Waals surface area contributed by atoms with Crippen LogP contribution in [-0.4, -0.2) is 31.1 Å². The van der Waals surface area contributed by atoms with Crippen molar-refractivity contribution < 1.29 is 17.6 Å². The van der Waals surface area contributed by atoms with E-state index >= 15 is 0 Å². The molecule has 0 amide bonds. The largest absolute Gasteiger partial charge is 0.416 e. The molecule has 1 aromatic carbocycles. The van der Waals surface area contributed by atoms with Crippen molar-refractivity contribution >= 4 is 5.69 Å². The lowest BCUT2D eigenvalue weighted by molar-refractivity contribution is -0.137. The normalized spacial score (nSPS) is 18.0. The van der Waals surface area contributed by atoms with E-state index in [2.05, 4.69) is 17.1 Å². The lowest BCUT2D eigenvalue weighted by Crippen LogP contribution is -2.35. The molecule has 0 unspecified atom stereocenters. The van der Waals surface area contributed by atoms with Gasteiger partial charge in [0, 0.05) is 6.54 Å². The Kier molecular flexibility index (Phi) is 5.08. The topological polar surface area (TPSA) is 15.3 Å². The predicted octanol–water partition coefficient (Wildman–Crippen LogP) is 3.99. The summed E-state index contributed by atoms with van der Waals surface area (Å²) in [4.78, 5) is 2.36. The molecule has 1 heterocycles. The van der Waals surface area contributed by atoms with Crippen molar-refractivity contribution in [3.8, 4) is 0 Å². The summed E-state index contributed by atoms with van der Waals surface area (Å²) in [6.07, 6.45) is -2.45. The van der Waals surface area contributed by atoms with Gasteiger partial charge in [0.1, 0.15) is 5.82 Å². The SMILES string of the molecule is CCN1CCC(CNc2ccc(C(F)(F)F)cc2F)CC1. The monoisotopic (exact) mass is 304 g/mol. The zero-order valence-electron chi connectivity index (χ0n) is 12.0. The summed E-state index contributed by atoms with van der Waals surface area (Å²) in [6, 6.07) is 2.62. The van der Waals surface area contributed by atoms with Crippen molar-refractivity contribution in [2.24, 2.45) is 5.92 Å². The third-order valence-electron chi connectivity index (χ3n) is 4.03. The van der Waals surface area contributed by atoms with Gasteiger partial charge in [-0.05, 0) is 56.6 Å². The first-order valence-electron chi connectivity index (χ1n) is 7.23. The Labute approximate surface area is 122 Å². The Morgan fingerprint density at radius 2 is 1.90 bits per heavy atom. The molecule has 1 fully saturated rings. The average Bonchev–Trinajstić information content (AvgIpc) is 2.45. The van der Waals surface area contributed by atoms with Crippen molar-refractivity contribution in [2.45, 2.75) is 25.9 Å². The molecule has 2 rings (SSSR count). The van der Waals surface area contributed by atoms with Crippen LogP contribution < -0.4 is 5.32 Å². The molecule has 21 heavy (non-hydrogen) atoms.